The molecule has 0 aliphatic carbocycles. The average Bonchev–Trinajstić information content (AvgIpc) is 1.58. The van der Waals surface area contributed by atoms with Gasteiger partial charge in [-0.2, -0.15) is 0 Å². The molecule has 13 rings (SSSR count). The summed E-state index contributed by atoms with van der Waals surface area (Å²) in [6, 6.07) is 2.28. The molecule has 0 aromatic heterocycles. The van der Waals surface area contributed by atoms with Crippen molar-refractivity contribution in [1.82, 2.24) is 0 Å². The molecule has 11 fully saturated rings. The minimum absolute atomic E-state index is 0.0700. The van der Waals surface area contributed by atoms with E-state index in [1.807, 2.05) is 0 Å². The number of hydrogen-bond donors (Lipinski definition) is 8. The number of rotatable bonds is 21. The molecule has 0 saturated carbocycles. The molecule has 0 amide bonds. The second-order valence-corrected chi connectivity index (χ2v) is 30.6. The number of nitro groups is 1. The van der Waals surface area contributed by atoms with Crippen LogP contribution >= 0.6 is 23.2 Å². The van der Waals surface area contributed by atoms with Crippen molar-refractivity contribution in [2.45, 2.75) is 295 Å². The van der Waals surface area contributed by atoms with Crippen LogP contribution in [0, 0.1) is 24.0 Å². The van der Waals surface area contributed by atoms with E-state index < -0.39 is 248 Å². The maximum Gasteiger partial charge on any atom is 0.342 e. The molecule has 0 radical (unpaired) electrons. The number of aliphatic hydroxyl groups excluding tert-OH is 5. The summed E-state index contributed by atoms with van der Waals surface area (Å²) in [5.74, 6) is -7.54. The molecule has 11 saturated heterocycles. The Kier molecular flexibility index (Phi) is 25.1. The molecule has 0 bridgehead atoms. The number of aryl methyl sites for hydroxylation is 1. The summed E-state index contributed by atoms with van der Waals surface area (Å²) in [5, 5.41) is 104. The topological polar surface area (TPSA) is 479 Å². The highest BCUT2D eigenvalue weighted by molar-refractivity contribution is 6.39. The van der Waals surface area contributed by atoms with Crippen molar-refractivity contribution in [3.8, 4) is 23.0 Å². The van der Waals surface area contributed by atoms with Gasteiger partial charge in [-0.05, 0) is 72.6 Å². The van der Waals surface area contributed by atoms with Gasteiger partial charge >= 0.3 is 17.9 Å². The second-order valence-electron chi connectivity index (χ2n) is 29.9. The molecule has 11 heterocycles. The van der Waals surface area contributed by atoms with E-state index in [-0.39, 0.29) is 83.3 Å². The minimum Gasteiger partial charge on any atom is -0.508 e. The van der Waals surface area contributed by atoms with Crippen molar-refractivity contribution in [2.75, 3.05) is 62.2 Å². The highest BCUT2D eigenvalue weighted by atomic mass is 35.5. The van der Waals surface area contributed by atoms with Crippen LogP contribution in [0.2, 0.25) is 10.0 Å². The minimum atomic E-state index is -2.06. The fraction of sp³-hybridized carbons (Fsp3) is 0.800. The zero-order valence-electron chi connectivity index (χ0n) is 63.0. The van der Waals surface area contributed by atoms with Crippen LogP contribution in [0.5, 0.6) is 23.0 Å². The largest absolute Gasteiger partial charge is 0.508 e. The summed E-state index contributed by atoms with van der Waals surface area (Å²) in [6.45, 7) is 12.7. The first kappa shape index (κ1) is 84.4. The standard InChI is InChI=1S/C70H97Cl2NO38/c1-24-15-31(74)16-32(75)40(24)61(82)100-36-22-94-70(60-53(36)92-23-93-60)108-37-21-91-63(46(79)52(37)109-70)106-65-56(89-13)45(78)51(35(101-65)20-86-10)104-64-47(80)55(50(87-11)27(4)97-64)105-66-57(81)68(9)59(30(7)98-66)110-69(111-68)18-33(76)48(28(5)107-69)102-38-17-34(99-39-19-67(8,73(84)85)58(90-14)29(6)96-39)49(26(3)95-38)103-62(83)41-25(2)42(71)44(77)43(72)54(41)88-12/h15-16,26-30,33-39,45-53,55-60,63-66,74-81H,17-23H2,1-14H3/t26-,27-,28-,29+,30-,33-,34-,35-,36+,37+,38+,39?,45+,46-,47-,48-,49-,50+,51-,52-,53+,55-,56+,57-,58+,59-,60-,63+,64+,65+,66+,67?,68-,69?,70-/m1/s1. The van der Waals surface area contributed by atoms with Gasteiger partial charge in [0.1, 0.15) is 132 Å². The summed E-state index contributed by atoms with van der Waals surface area (Å²) in [4.78, 5) is 39.8. The molecule has 2 aromatic rings. The van der Waals surface area contributed by atoms with Crippen molar-refractivity contribution in [3.05, 3.63) is 54.5 Å². The van der Waals surface area contributed by atoms with Crippen LogP contribution < -0.4 is 4.74 Å². The number of esters is 2. The number of hydrogen-bond acceptors (Lipinski definition) is 38. The Morgan fingerprint density at radius 3 is 1.98 bits per heavy atom. The van der Waals surface area contributed by atoms with Gasteiger partial charge in [-0.3, -0.25) is 10.1 Å². The second kappa shape index (κ2) is 33.1. The van der Waals surface area contributed by atoms with Gasteiger partial charge in [-0.1, -0.05) is 23.2 Å². The number of halogens is 2. The van der Waals surface area contributed by atoms with Crippen LogP contribution in [-0.2, 0) is 118 Å². The molecule has 39 nitrogen and oxygen atoms in total. The number of aromatic hydroxyl groups is 3. The van der Waals surface area contributed by atoms with Gasteiger partial charge in [0.05, 0.1) is 81.4 Å². The van der Waals surface area contributed by atoms with Crippen LogP contribution in [-0.4, -0.2) is 333 Å². The molecule has 3 unspecified atom stereocenters. The highest BCUT2D eigenvalue weighted by Gasteiger charge is 2.70. The first-order valence-corrected chi connectivity index (χ1v) is 37.1. The van der Waals surface area contributed by atoms with Gasteiger partial charge in [0, 0.05) is 52.8 Å². The summed E-state index contributed by atoms with van der Waals surface area (Å²) in [6.07, 6.45) is -40.9. The van der Waals surface area contributed by atoms with Gasteiger partial charge in [-0.25, -0.2) is 9.59 Å². The molecule has 624 valence electrons. The van der Waals surface area contributed by atoms with Crippen LogP contribution in [0.4, 0.5) is 0 Å². The van der Waals surface area contributed by atoms with E-state index in [0.717, 1.165) is 6.07 Å². The number of phenols is 3. The molecule has 35 atom stereocenters. The van der Waals surface area contributed by atoms with Crippen molar-refractivity contribution >= 4 is 35.1 Å². The lowest BCUT2D eigenvalue weighted by molar-refractivity contribution is -0.595. The fourth-order valence-corrected chi connectivity index (χ4v) is 17.5. The fourth-order valence-electron chi connectivity index (χ4n) is 17.0. The number of phenolic OH excluding ortho intramolecular Hbond substituents is 3. The quantitative estimate of drug-likeness (QED) is 0.0495. The molecule has 2 spiro atoms. The van der Waals surface area contributed by atoms with E-state index >= 15 is 0 Å². The van der Waals surface area contributed by atoms with E-state index in [4.69, 9.17) is 146 Å². The van der Waals surface area contributed by atoms with Gasteiger partial charge < -0.3 is 164 Å². The molecular weight excluding hydrogens is 1530 g/mol. The summed E-state index contributed by atoms with van der Waals surface area (Å²) in [5.41, 5.74) is -3.54. The predicted octanol–water partition coefficient (Wildman–Crippen LogP) is 1.26. The summed E-state index contributed by atoms with van der Waals surface area (Å²) in [7, 11) is 6.53. The van der Waals surface area contributed by atoms with E-state index in [2.05, 4.69) is 0 Å². The Bertz CT molecular complexity index is 3630. The zero-order chi connectivity index (χ0) is 80.2. The molecule has 11 aliphatic rings. The van der Waals surface area contributed by atoms with E-state index in [1.54, 1.807) is 34.6 Å². The number of ether oxygens (including phenoxy) is 26. The van der Waals surface area contributed by atoms with Crippen molar-refractivity contribution in [2.24, 2.45) is 0 Å². The number of methoxy groups -OCH3 is 5. The first-order valence-electron chi connectivity index (χ1n) is 36.3. The third-order valence-corrected chi connectivity index (χ3v) is 23.3. The monoisotopic (exact) mass is 1630 g/mol. The van der Waals surface area contributed by atoms with Gasteiger partial charge in [0.25, 0.3) is 11.5 Å². The van der Waals surface area contributed by atoms with Gasteiger partial charge in [-0.15, -0.1) is 0 Å². The maximum absolute atomic E-state index is 14.3. The van der Waals surface area contributed by atoms with E-state index in [9.17, 15) is 60.6 Å². The molecule has 111 heavy (non-hydrogen) atoms. The maximum atomic E-state index is 14.3. The summed E-state index contributed by atoms with van der Waals surface area (Å²) < 4.78 is 160. The molecule has 11 aliphatic heterocycles. The Morgan fingerprint density at radius 2 is 1.31 bits per heavy atom. The number of nitrogens with zero attached hydrogens (tertiary/aromatic N) is 1. The normalized spacial score (nSPS) is 45.6. The zero-order valence-corrected chi connectivity index (χ0v) is 64.5. The smallest absolute Gasteiger partial charge is 0.342 e. The molecule has 2 aromatic carbocycles. The first-order chi connectivity index (χ1) is 52.6. The van der Waals surface area contributed by atoms with Crippen molar-refractivity contribution in [3.63, 3.8) is 0 Å². The lowest BCUT2D eigenvalue weighted by Gasteiger charge is -2.50. The summed E-state index contributed by atoms with van der Waals surface area (Å²) >= 11 is 12.8. The van der Waals surface area contributed by atoms with Gasteiger partial charge in [0.2, 0.25) is 0 Å². The predicted molar refractivity (Wildman–Crippen MR) is 363 cm³/mol. The van der Waals surface area contributed by atoms with Crippen molar-refractivity contribution < 1.29 is 179 Å². The lowest BCUT2D eigenvalue weighted by atomic mass is 9.85. The Balaban J connectivity index is 0.644. The third-order valence-electron chi connectivity index (χ3n) is 22.5. The molecular formula is C70H97Cl2NO38. The van der Waals surface area contributed by atoms with E-state index in [1.165, 1.54) is 69.3 Å². The van der Waals surface area contributed by atoms with Crippen LogP contribution in [0.25, 0.3) is 0 Å². The van der Waals surface area contributed by atoms with Crippen molar-refractivity contribution in [1.29, 1.82) is 0 Å². The van der Waals surface area contributed by atoms with Crippen LogP contribution in [0.15, 0.2) is 12.1 Å². The third kappa shape index (κ3) is 15.5. The Labute approximate surface area is 645 Å². The molecule has 8 N–H and O–H groups in total. The van der Waals surface area contributed by atoms with E-state index in [0.29, 0.717) is 0 Å². The lowest BCUT2D eigenvalue weighted by Crippen LogP contribution is -2.68. The average molecular weight is 1630 g/mol. The Hall–Kier alpha value is -4.56. The number of carbonyl (C=O) groups is 2. The number of aliphatic hydroxyl groups is 5. The number of fused-ring (bicyclic) bond motifs is 4. The number of benzene rings is 2. The Morgan fingerprint density at radius 1 is 0.613 bits per heavy atom. The highest BCUT2D eigenvalue weighted by Crippen LogP contribution is 2.53. The molecule has 41 heteroatoms. The van der Waals surface area contributed by atoms with Gasteiger partial charge in [0.15, 0.2) is 73.7 Å². The number of carbonyl (C=O) groups excluding carboxylic acids is 2. The van der Waals surface area contributed by atoms with Crippen LogP contribution in [0.3, 0.4) is 0 Å². The van der Waals surface area contributed by atoms with Crippen LogP contribution in [0.1, 0.15) is 99.6 Å². The SMILES string of the molecule is COC[C@H]1O[C@@H](O[C@@H]2OC[C@@H]3O[C@@]4(OC[C@H](OC(=O)c5c(C)cc(O)cc5O)[C@@H]5OCO[C@H]54)O[C@H]3[C@H]2O)[C@@H](OC)[C@@H](O)[C@@H]1O[C@@H]1O[C@H](C)[C@H](OC)[C@H](O[C@@H]2O[C@H](C)[C@H]3OC4(C[C@@H](O)[C@H](O[C@H]5C[C@@H](OC6CC(C)([N+](=O)[O-])[C@@H](OC)[C@H](C)O6)[C@H](OC(=O)c6c(C)c(Cl)c(O)c(Cl)c6OC)[C@@H](C)O5)[C@@H](C)O4)O[C@]3(C)[C@@H]2O)[C@H]1O.